The average Bonchev–Trinajstić information content (AvgIpc) is 3.14. The van der Waals surface area contributed by atoms with Gasteiger partial charge in [-0.05, 0) is 35.7 Å². The van der Waals surface area contributed by atoms with Crippen LogP contribution in [-0.4, -0.2) is 52.8 Å². The first-order valence-corrected chi connectivity index (χ1v) is 10.5. The molecule has 0 aliphatic carbocycles. The summed E-state index contributed by atoms with van der Waals surface area (Å²) < 4.78 is 5.43. The minimum absolute atomic E-state index is 0.00351. The highest BCUT2D eigenvalue weighted by Crippen LogP contribution is 2.43. The van der Waals surface area contributed by atoms with Gasteiger partial charge in [0.25, 0.3) is 0 Å². The fraction of sp³-hybridized carbons (Fsp3) is 0.333. The lowest BCUT2D eigenvalue weighted by Gasteiger charge is -2.47. The lowest BCUT2D eigenvalue weighted by atomic mass is 9.86. The Bertz CT molecular complexity index is 1120. The second kappa shape index (κ2) is 7.20. The van der Waals surface area contributed by atoms with Gasteiger partial charge < -0.3 is 19.5 Å². The summed E-state index contributed by atoms with van der Waals surface area (Å²) >= 11 is 0. The van der Waals surface area contributed by atoms with Crippen LogP contribution in [0, 0.1) is 0 Å². The molecule has 6 heteroatoms. The first kappa shape index (κ1) is 18.7. The number of hydrogen-bond donors (Lipinski definition) is 1. The van der Waals surface area contributed by atoms with Crippen LogP contribution in [0.25, 0.3) is 10.9 Å². The van der Waals surface area contributed by atoms with Crippen molar-refractivity contribution >= 4 is 22.7 Å². The molecule has 1 unspecified atom stereocenters. The number of carbonyl (C=O) groups excluding carboxylic acids is 2. The van der Waals surface area contributed by atoms with Gasteiger partial charge in [-0.2, -0.15) is 0 Å². The molecule has 30 heavy (non-hydrogen) atoms. The maximum absolute atomic E-state index is 13.4. The third kappa shape index (κ3) is 2.78. The number of aromatic amines is 1. The van der Waals surface area contributed by atoms with Crippen molar-refractivity contribution in [3.8, 4) is 5.75 Å². The summed E-state index contributed by atoms with van der Waals surface area (Å²) in [5.74, 6) is 0.825. The summed E-state index contributed by atoms with van der Waals surface area (Å²) in [6.07, 6.45) is 1.35. The number of ether oxygens (including phenoxy) is 1. The fourth-order valence-electron chi connectivity index (χ4n) is 4.92. The van der Waals surface area contributed by atoms with Crippen LogP contribution < -0.4 is 4.74 Å². The van der Waals surface area contributed by atoms with Gasteiger partial charge in [-0.3, -0.25) is 9.59 Å². The van der Waals surface area contributed by atoms with Crippen LogP contribution >= 0.6 is 0 Å². The molecule has 0 bridgehead atoms. The zero-order valence-electron chi connectivity index (χ0n) is 17.2. The topological polar surface area (TPSA) is 65.6 Å². The lowest BCUT2D eigenvalue weighted by molar-refractivity contribution is -0.158. The number of H-pyrrole nitrogens is 1. The van der Waals surface area contributed by atoms with Gasteiger partial charge in [-0.1, -0.05) is 37.3 Å². The van der Waals surface area contributed by atoms with E-state index in [-0.39, 0.29) is 24.4 Å². The highest BCUT2D eigenvalue weighted by Gasteiger charge is 2.47. The van der Waals surface area contributed by atoms with E-state index in [9.17, 15) is 9.59 Å². The molecule has 2 aliphatic heterocycles. The summed E-state index contributed by atoms with van der Waals surface area (Å²) in [6.45, 7) is 2.79. The molecular formula is C24H25N3O3. The predicted molar refractivity (Wildman–Crippen MR) is 114 cm³/mol. The second-order valence-corrected chi connectivity index (χ2v) is 8.02. The Morgan fingerprint density at radius 3 is 2.67 bits per heavy atom. The van der Waals surface area contributed by atoms with Crippen molar-refractivity contribution < 1.29 is 14.3 Å². The number of benzene rings is 2. The number of fused-ring (bicyclic) bond motifs is 4. The Hall–Kier alpha value is -3.28. The van der Waals surface area contributed by atoms with Crippen molar-refractivity contribution in [3.63, 3.8) is 0 Å². The Morgan fingerprint density at radius 1 is 1.13 bits per heavy atom. The maximum atomic E-state index is 13.4. The minimum Gasteiger partial charge on any atom is -0.497 e. The van der Waals surface area contributed by atoms with E-state index in [2.05, 4.69) is 4.98 Å². The van der Waals surface area contributed by atoms with Gasteiger partial charge in [0.05, 0.1) is 19.7 Å². The van der Waals surface area contributed by atoms with Crippen molar-refractivity contribution in [1.82, 2.24) is 14.8 Å². The SMILES string of the molecule is CCCN1CC(=O)N2C(Cc3c([nH]c4ccc(OC)cc34)[C@@H]2c2ccccc2)C1=O. The van der Waals surface area contributed by atoms with Gasteiger partial charge in [0.2, 0.25) is 11.8 Å². The van der Waals surface area contributed by atoms with Crippen LogP contribution in [-0.2, 0) is 16.0 Å². The molecule has 1 fully saturated rings. The summed E-state index contributed by atoms with van der Waals surface area (Å²) in [5.41, 5.74) is 4.09. The molecule has 2 aromatic carbocycles. The van der Waals surface area contributed by atoms with Crippen molar-refractivity contribution in [2.45, 2.75) is 31.8 Å². The quantitative estimate of drug-likeness (QED) is 0.727. The van der Waals surface area contributed by atoms with E-state index < -0.39 is 6.04 Å². The van der Waals surface area contributed by atoms with Gasteiger partial charge in [0.15, 0.2) is 0 Å². The van der Waals surface area contributed by atoms with Crippen LogP contribution in [0.5, 0.6) is 5.75 Å². The molecule has 1 N–H and O–H groups in total. The summed E-state index contributed by atoms with van der Waals surface area (Å²) in [7, 11) is 1.65. The van der Waals surface area contributed by atoms with Crippen molar-refractivity contribution in [2.24, 2.45) is 0 Å². The standard InChI is InChI=1S/C24H25N3O3/c1-3-11-26-14-21(28)27-20(24(26)29)13-18-17-12-16(30-2)9-10-19(17)25-22(18)23(27)15-7-5-4-6-8-15/h4-10,12,20,23,25H,3,11,13-14H2,1-2H3/t20?,23-/m0/s1. The molecule has 3 heterocycles. The number of hydrogen-bond acceptors (Lipinski definition) is 3. The summed E-state index contributed by atoms with van der Waals surface area (Å²) in [6, 6.07) is 15.1. The number of nitrogens with zero attached hydrogens (tertiary/aromatic N) is 2. The number of aromatic nitrogens is 1. The van der Waals surface area contributed by atoms with E-state index in [1.54, 1.807) is 16.9 Å². The summed E-state index contributed by atoms with van der Waals surface area (Å²) in [5, 5.41) is 1.05. The van der Waals surface area contributed by atoms with Crippen LogP contribution in [0.1, 0.15) is 36.2 Å². The third-order valence-electron chi connectivity index (χ3n) is 6.25. The molecule has 0 spiro atoms. The zero-order chi connectivity index (χ0) is 20.8. The first-order chi connectivity index (χ1) is 14.6. The van der Waals surface area contributed by atoms with E-state index in [0.717, 1.165) is 39.9 Å². The van der Waals surface area contributed by atoms with Crippen LogP contribution in [0.15, 0.2) is 48.5 Å². The molecular weight excluding hydrogens is 378 g/mol. The highest BCUT2D eigenvalue weighted by molar-refractivity contribution is 5.97. The lowest BCUT2D eigenvalue weighted by Crippen LogP contribution is -2.63. The maximum Gasteiger partial charge on any atom is 0.246 e. The normalized spacial score (nSPS) is 21.0. The third-order valence-corrected chi connectivity index (χ3v) is 6.25. The van der Waals surface area contributed by atoms with E-state index in [1.165, 1.54) is 0 Å². The molecule has 5 rings (SSSR count). The largest absolute Gasteiger partial charge is 0.497 e. The monoisotopic (exact) mass is 403 g/mol. The van der Waals surface area contributed by atoms with Crippen LogP contribution in [0.4, 0.5) is 0 Å². The number of methoxy groups -OCH3 is 1. The Kier molecular flexibility index (Phi) is 4.50. The molecule has 1 aromatic heterocycles. The Labute approximate surface area is 175 Å². The van der Waals surface area contributed by atoms with E-state index in [0.29, 0.717) is 13.0 Å². The van der Waals surface area contributed by atoms with E-state index in [4.69, 9.17) is 4.74 Å². The van der Waals surface area contributed by atoms with E-state index in [1.807, 2.05) is 55.5 Å². The molecule has 1 saturated heterocycles. The minimum atomic E-state index is -0.485. The second-order valence-electron chi connectivity index (χ2n) is 8.02. The molecule has 0 saturated carbocycles. The van der Waals surface area contributed by atoms with Crippen LogP contribution in [0.2, 0.25) is 0 Å². The van der Waals surface area contributed by atoms with Gasteiger partial charge >= 0.3 is 0 Å². The zero-order valence-corrected chi connectivity index (χ0v) is 17.2. The van der Waals surface area contributed by atoms with E-state index >= 15 is 0 Å². The number of rotatable bonds is 4. The van der Waals surface area contributed by atoms with Crippen molar-refractivity contribution in [1.29, 1.82) is 0 Å². The van der Waals surface area contributed by atoms with Crippen molar-refractivity contribution in [3.05, 3.63) is 65.4 Å². The highest BCUT2D eigenvalue weighted by atomic mass is 16.5. The number of carbonyl (C=O) groups is 2. The fourth-order valence-corrected chi connectivity index (χ4v) is 4.92. The van der Waals surface area contributed by atoms with Crippen molar-refractivity contribution in [2.75, 3.05) is 20.2 Å². The molecule has 154 valence electrons. The van der Waals surface area contributed by atoms with Gasteiger partial charge in [-0.25, -0.2) is 0 Å². The molecule has 6 nitrogen and oxygen atoms in total. The molecule has 2 atom stereocenters. The molecule has 3 aromatic rings. The molecule has 2 aliphatic rings. The molecule has 2 amide bonds. The van der Waals surface area contributed by atoms with Gasteiger partial charge in [-0.15, -0.1) is 0 Å². The Morgan fingerprint density at radius 2 is 1.93 bits per heavy atom. The average molecular weight is 403 g/mol. The first-order valence-electron chi connectivity index (χ1n) is 10.5. The number of nitrogens with one attached hydrogen (secondary N) is 1. The number of piperazine rings is 1. The summed E-state index contributed by atoms with van der Waals surface area (Å²) in [4.78, 5) is 33.7. The molecule has 0 radical (unpaired) electrons. The smallest absolute Gasteiger partial charge is 0.246 e. The predicted octanol–water partition coefficient (Wildman–Crippen LogP) is 3.27. The Balaban J connectivity index is 1.71. The van der Waals surface area contributed by atoms with Gasteiger partial charge in [0.1, 0.15) is 11.8 Å². The van der Waals surface area contributed by atoms with Crippen LogP contribution in [0.3, 0.4) is 0 Å². The van der Waals surface area contributed by atoms with Gasteiger partial charge in [0, 0.05) is 29.6 Å². The number of amides is 2.